The molecule has 5 nitrogen and oxygen atoms in total. The first-order valence-electron chi connectivity index (χ1n) is 7.21. The lowest BCUT2D eigenvalue weighted by Crippen LogP contribution is -2.38. The summed E-state index contributed by atoms with van der Waals surface area (Å²) in [5.41, 5.74) is 4.60. The van der Waals surface area contributed by atoms with Crippen LogP contribution in [0.4, 0.5) is 5.82 Å². The second kappa shape index (κ2) is 5.30. The van der Waals surface area contributed by atoms with Crippen molar-refractivity contribution in [3.8, 4) is 0 Å². The van der Waals surface area contributed by atoms with Crippen molar-refractivity contribution in [3.05, 3.63) is 17.1 Å². The molecule has 1 heterocycles. The molecular formula is C15H26N4O. The summed E-state index contributed by atoms with van der Waals surface area (Å²) in [5, 5.41) is 0. The zero-order valence-corrected chi connectivity index (χ0v) is 13.2. The van der Waals surface area contributed by atoms with Crippen molar-refractivity contribution in [1.82, 2.24) is 9.97 Å². The number of nitrogens with one attached hydrogen (secondary N) is 1. The summed E-state index contributed by atoms with van der Waals surface area (Å²) in [6, 6.07) is 0. The van der Waals surface area contributed by atoms with E-state index in [-0.39, 0.29) is 5.60 Å². The highest BCUT2D eigenvalue weighted by Gasteiger charge is 2.42. The van der Waals surface area contributed by atoms with Crippen LogP contribution in [0.5, 0.6) is 0 Å². The van der Waals surface area contributed by atoms with Gasteiger partial charge in [0.05, 0.1) is 0 Å². The van der Waals surface area contributed by atoms with Gasteiger partial charge in [0.1, 0.15) is 11.4 Å². The average Bonchev–Trinajstić information content (AvgIpc) is 2.42. The molecule has 0 radical (unpaired) electrons. The summed E-state index contributed by atoms with van der Waals surface area (Å²) >= 11 is 0. The minimum absolute atomic E-state index is 0.372. The van der Waals surface area contributed by atoms with E-state index < -0.39 is 0 Å². The van der Waals surface area contributed by atoms with Gasteiger partial charge in [0.25, 0.3) is 0 Å². The average molecular weight is 278 g/mol. The lowest BCUT2D eigenvalue weighted by Gasteiger charge is -2.41. The molecule has 1 aromatic rings. The molecule has 1 aliphatic rings. The Bertz CT molecular complexity index is 489. The summed E-state index contributed by atoms with van der Waals surface area (Å²) in [5.74, 6) is 7.01. The van der Waals surface area contributed by atoms with Crippen LogP contribution in [0.15, 0.2) is 0 Å². The van der Waals surface area contributed by atoms with Crippen LogP contribution in [0.25, 0.3) is 0 Å². The van der Waals surface area contributed by atoms with E-state index in [2.05, 4.69) is 29.2 Å². The summed E-state index contributed by atoms with van der Waals surface area (Å²) in [6.45, 7) is 8.57. The Morgan fingerprint density at radius 2 is 1.70 bits per heavy atom. The smallest absolute Gasteiger partial charge is 0.162 e. The van der Waals surface area contributed by atoms with Crippen LogP contribution in [0.1, 0.15) is 56.6 Å². The number of ether oxygens (including phenoxy) is 1. The van der Waals surface area contributed by atoms with Gasteiger partial charge < -0.3 is 10.2 Å². The molecule has 0 aromatic carbocycles. The van der Waals surface area contributed by atoms with Crippen LogP contribution in [0.2, 0.25) is 0 Å². The van der Waals surface area contributed by atoms with Crippen molar-refractivity contribution in [2.24, 2.45) is 11.3 Å². The van der Waals surface area contributed by atoms with Crippen molar-refractivity contribution >= 4 is 5.82 Å². The van der Waals surface area contributed by atoms with Gasteiger partial charge >= 0.3 is 0 Å². The van der Waals surface area contributed by atoms with E-state index in [4.69, 9.17) is 10.6 Å². The molecule has 1 fully saturated rings. The maximum Gasteiger partial charge on any atom is 0.162 e. The van der Waals surface area contributed by atoms with Gasteiger partial charge in [-0.15, -0.1) is 0 Å². The van der Waals surface area contributed by atoms with Crippen LogP contribution in [0, 0.1) is 19.3 Å². The summed E-state index contributed by atoms with van der Waals surface area (Å²) in [7, 11) is 1.76. The Kier molecular flexibility index (Phi) is 4.02. The highest BCUT2D eigenvalue weighted by atomic mass is 16.5. The van der Waals surface area contributed by atoms with Crippen molar-refractivity contribution < 1.29 is 4.74 Å². The molecule has 5 heteroatoms. The van der Waals surface area contributed by atoms with Crippen molar-refractivity contribution in [2.75, 3.05) is 12.5 Å². The first-order valence-corrected chi connectivity index (χ1v) is 7.21. The highest BCUT2D eigenvalue weighted by Crippen LogP contribution is 2.46. The molecule has 0 unspecified atom stereocenters. The van der Waals surface area contributed by atoms with Gasteiger partial charge in [0, 0.05) is 18.4 Å². The van der Waals surface area contributed by atoms with Gasteiger partial charge in [0.15, 0.2) is 5.82 Å². The Morgan fingerprint density at radius 3 is 2.20 bits per heavy atom. The largest absolute Gasteiger partial charge is 0.370 e. The highest BCUT2D eigenvalue weighted by molar-refractivity contribution is 5.44. The van der Waals surface area contributed by atoms with E-state index in [1.807, 2.05) is 13.8 Å². The van der Waals surface area contributed by atoms with E-state index in [0.29, 0.717) is 11.2 Å². The molecular weight excluding hydrogens is 252 g/mol. The molecule has 1 aromatic heterocycles. The number of anilines is 1. The maximum absolute atomic E-state index is 5.86. The van der Waals surface area contributed by atoms with Gasteiger partial charge in [-0.3, -0.25) is 0 Å². The Labute approximate surface area is 121 Å². The molecule has 0 amide bonds. The number of nitrogens with two attached hydrogens (primary N) is 1. The zero-order valence-electron chi connectivity index (χ0n) is 13.2. The van der Waals surface area contributed by atoms with Gasteiger partial charge in [-0.05, 0) is 44.9 Å². The fraction of sp³-hybridized carbons (Fsp3) is 0.733. The molecule has 0 aliphatic heterocycles. The normalized spacial score (nSPS) is 20.7. The number of hydrogen-bond donors (Lipinski definition) is 2. The second-order valence-electron chi connectivity index (χ2n) is 6.61. The van der Waals surface area contributed by atoms with E-state index >= 15 is 0 Å². The van der Waals surface area contributed by atoms with Gasteiger partial charge in [-0.2, -0.15) is 0 Å². The first kappa shape index (κ1) is 15.2. The van der Waals surface area contributed by atoms with Crippen molar-refractivity contribution in [3.63, 3.8) is 0 Å². The molecule has 20 heavy (non-hydrogen) atoms. The van der Waals surface area contributed by atoms with Crippen LogP contribution in [-0.4, -0.2) is 17.1 Å². The molecule has 0 bridgehead atoms. The van der Waals surface area contributed by atoms with Crippen molar-refractivity contribution in [2.45, 2.75) is 59.0 Å². The third-order valence-corrected chi connectivity index (χ3v) is 4.74. The molecule has 0 atom stereocenters. The van der Waals surface area contributed by atoms with Crippen LogP contribution in [-0.2, 0) is 10.3 Å². The SMILES string of the molecule is COC1(c2nc(C)c(C)c(NN)n2)CCC(C)(C)CC1. The number of aryl methyl sites for hydroxylation is 1. The fourth-order valence-corrected chi connectivity index (χ4v) is 2.82. The molecule has 0 saturated heterocycles. The molecule has 0 spiro atoms. The number of nitrogen functional groups attached to an aromatic ring is 1. The molecule has 112 valence electrons. The minimum atomic E-state index is -0.375. The van der Waals surface area contributed by atoms with E-state index in [1.54, 1.807) is 7.11 Å². The van der Waals surface area contributed by atoms with Crippen LogP contribution < -0.4 is 11.3 Å². The van der Waals surface area contributed by atoms with Gasteiger partial charge in [0.2, 0.25) is 0 Å². The van der Waals surface area contributed by atoms with E-state index in [1.165, 1.54) is 0 Å². The molecule has 1 saturated carbocycles. The van der Waals surface area contributed by atoms with E-state index in [0.717, 1.165) is 42.8 Å². The predicted molar refractivity (Wildman–Crippen MR) is 80.3 cm³/mol. The number of aromatic nitrogens is 2. The second-order valence-corrected chi connectivity index (χ2v) is 6.61. The molecule has 1 aliphatic carbocycles. The lowest BCUT2D eigenvalue weighted by atomic mass is 9.70. The third kappa shape index (κ3) is 2.65. The van der Waals surface area contributed by atoms with Crippen LogP contribution in [0.3, 0.4) is 0 Å². The topological polar surface area (TPSA) is 73.1 Å². The van der Waals surface area contributed by atoms with Gasteiger partial charge in [-0.25, -0.2) is 15.8 Å². The quantitative estimate of drug-likeness (QED) is 0.657. The summed E-state index contributed by atoms with van der Waals surface area (Å²) in [4.78, 5) is 9.26. The fourth-order valence-electron chi connectivity index (χ4n) is 2.82. The summed E-state index contributed by atoms with van der Waals surface area (Å²) < 4.78 is 5.86. The minimum Gasteiger partial charge on any atom is -0.370 e. The van der Waals surface area contributed by atoms with Crippen LogP contribution >= 0.6 is 0 Å². The molecule has 2 rings (SSSR count). The zero-order chi connectivity index (χ0) is 15.0. The Morgan fingerprint density at radius 1 is 1.10 bits per heavy atom. The van der Waals surface area contributed by atoms with Crippen molar-refractivity contribution in [1.29, 1.82) is 0 Å². The number of hydrazine groups is 1. The number of methoxy groups -OCH3 is 1. The maximum atomic E-state index is 5.86. The number of hydrogen-bond acceptors (Lipinski definition) is 5. The van der Waals surface area contributed by atoms with E-state index in [9.17, 15) is 0 Å². The number of rotatable bonds is 3. The van der Waals surface area contributed by atoms with Gasteiger partial charge in [-0.1, -0.05) is 13.8 Å². The monoisotopic (exact) mass is 278 g/mol. The lowest BCUT2D eigenvalue weighted by molar-refractivity contribution is -0.0729. The Hall–Kier alpha value is -1.20. The predicted octanol–water partition coefficient (Wildman–Crippen LogP) is 2.82. The first-order chi connectivity index (χ1) is 9.33. The molecule has 3 N–H and O–H groups in total. The standard InChI is InChI=1S/C15H26N4O/c1-10-11(2)17-13(18-12(10)19-16)15(20-5)8-6-14(3,4)7-9-15/h6-9,16H2,1-5H3,(H,17,18,19). The number of nitrogens with zero attached hydrogens (tertiary/aromatic N) is 2. The summed E-state index contributed by atoms with van der Waals surface area (Å²) in [6.07, 6.45) is 4.12. The Balaban J connectivity index is 2.40. The third-order valence-electron chi connectivity index (χ3n) is 4.74.